The van der Waals surface area contributed by atoms with Gasteiger partial charge in [-0.05, 0) is 61.7 Å². The van der Waals surface area contributed by atoms with Crippen LogP contribution in [0.1, 0.15) is 42.1 Å². The molecule has 0 saturated carbocycles. The van der Waals surface area contributed by atoms with Crippen LogP contribution < -0.4 is 20.1 Å². The summed E-state index contributed by atoms with van der Waals surface area (Å²) in [6.07, 6.45) is 0. The number of nitrogens with zero attached hydrogens (tertiary/aromatic N) is 3. The van der Waals surface area contributed by atoms with Crippen LogP contribution in [-0.4, -0.2) is 27.3 Å². The summed E-state index contributed by atoms with van der Waals surface area (Å²) in [5.74, 6) is 2.42. The molecule has 0 bridgehead atoms. The van der Waals surface area contributed by atoms with Gasteiger partial charge in [0, 0.05) is 11.4 Å². The second kappa shape index (κ2) is 13.7. The van der Waals surface area contributed by atoms with Crippen LogP contribution in [0, 0.1) is 6.92 Å². The number of anilines is 2. The molecule has 5 aromatic rings. The lowest BCUT2D eigenvalue weighted by Gasteiger charge is -2.29. The zero-order chi connectivity index (χ0) is 31.2. The van der Waals surface area contributed by atoms with Crippen LogP contribution >= 0.6 is 11.8 Å². The Morgan fingerprint density at radius 3 is 2.44 bits per heavy atom. The number of benzene rings is 4. The number of carbonyl (C=O) groups is 1. The van der Waals surface area contributed by atoms with Gasteiger partial charge in [-0.2, -0.15) is 4.98 Å². The number of fused-ring (bicyclic) bond motifs is 1. The van der Waals surface area contributed by atoms with Crippen LogP contribution in [0.5, 0.6) is 11.5 Å². The lowest BCUT2D eigenvalue weighted by atomic mass is 9.95. The summed E-state index contributed by atoms with van der Waals surface area (Å²) in [4.78, 5) is 18.8. The van der Waals surface area contributed by atoms with E-state index in [1.54, 1.807) is 16.4 Å². The minimum atomic E-state index is -0.523. The van der Waals surface area contributed by atoms with E-state index in [1.165, 1.54) is 11.1 Å². The SMILES string of the molecule is CCOc1ccccc1NC(=O)C1=C(C)Nc2nc(SCc3ccccc3)nn2C1c1ccc(OCc2cccc(C)c2)cc1. The molecule has 45 heavy (non-hydrogen) atoms. The minimum Gasteiger partial charge on any atom is -0.492 e. The first-order valence-corrected chi connectivity index (χ1v) is 15.9. The summed E-state index contributed by atoms with van der Waals surface area (Å²) in [5, 5.41) is 11.9. The normalized spacial score (nSPS) is 14.0. The zero-order valence-corrected chi connectivity index (χ0v) is 26.3. The van der Waals surface area contributed by atoms with Gasteiger partial charge in [-0.1, -0.05) is 96.2 Å². The topological polar surface area (TPSA) is 90.3 Å². The number of carbonyl (C=O) groups excluding carboxylic acids is 1. The molecule has 1 amide bonds. The van der Waals surface area contributed by atoms with Crippen molar-refractivity contribution in [1.82, 2.24) is 14.8 Å². The van der Waals surface area contributed by atoms with Crippen molar-refractivity contribution in [3.63, 3.8) is 0 Å². The standard InChI is InChI=1S/C36H35N5O3S/c1-4-43-31-16-9-8-15-30(31)38-34(42)32-25(3)37-35-39-36(45-23-26-12-6-5-7-13-26)40-41(35)33(32)28-17-19-29(20-18-28)44-22-27-14-10-11-24(2)21-27/h5-21,33H,4,22-23H2,1-3H3,(H,38,42)(H,37,39,40). The van der Waals surface area contributed by atoms with Gasteiger partial charge < -0.3 is 20.1 Å². The predicted octanol–water partition coefficient (Wildman–Crippen LogP) is 7.78. The van der Waals surface area contributed by atoms with Crippen LogP contribution in [-0.2, 0) is 17.2 Å². The molecular formula is C36H35N5O3S. The first-order valence-electron chi connectivity index (χ1n) is 14.9. The fraction of sp³-hybridized carbons (Fsp3) is 0.194. The molecular weight excluding hydrogens is 582 g/mol. The molecule has 0 fully saturated rings. The number of aryl methyl sites for hydroxylation is 1. The van der Waals surface area contributed by atoms with Gasteiger partial charge in [-0.3, -0.25) is 4.79 Å². The second-order valence-corrected chi connectivity index (χ2v) is 11.7. The van der Waals surface area contributed by atoms with Gasteiger partial charge in [0.05, 0.1) is 17.9 Å². The van der Waals surface area contributed by atoms with Crippen molar-refractivity contribution in [2.24, 2.45) is 0 Å². The van der Waals surface area contributed by atoms with Crippen molar-refractivity contribution in [3.05, 3.63) is 137 Å². The Hall–Kier alpha value is -5.02. The molecule has 0 radical (unpaired) electrons. The Morgan fingerprint density at radius 1 is 0.911 bits per heavy atom. The lowest BCUT2D eigenvalue weighted by molar-refractivity contribution is -0.113. The smallest absolute Gasteiger partial charge is 0.255 e. The summed E-state index contributed by atoms with van der Waals surface area (Å²) in [6, 6.07) is 33.2. The molecule has 1 aromatic heterocycles. The van der Waals surface area contributed by atoms with Gasteiger partial charge in [0.25, 0.3) is 5.91 Å². The molecule has 1 unspecified atom stereocenters. The number of hydrogen-bond acceptors (Lipinski definition) is 7. The molecule has 0 aliphatic carbocycles. The Labute approximate surface area is 267 Å². The van der Waals surface area contributed by atoms with Gasteiger partial charge in [-0.25, -0.2) is 4.68 Å². The first-order chi connectivity index (χ1) is 22.0. The molecule has 228 valence electrons. The maximum atomic E-state index is 14.0. The van der Waals surface area contributed by atoms with Gasteiger partial charge in [0.1, 0.15) is 24.1 Å². The van der Waals surface area contributed by atoms with Crippen LogP contribution in [0.2, 0.25) is 0 Å². The van der Waals surface area contributed by atoms with E-state index in [0.717, 1.165) is 22.6 Å². The summed E-state index contributed by atoms with van der Waals surface area (Å²) in [6.45, 7) is 6.84. The zero-order valence-electron chi connectivity index (χ0n) is 25.5. The molecule has 2 N–H and O–H groups in total. The number of ether oxygens (including phenoxy) is 2. The summed E-state index contributed by atoms with van der Waals surface area (Å²) in [5.41, 5.74) is 6.20. The Balaban J connectivity index is 1.30. The number of para-hydroxylation sites is 2. The molecule has 9 heteroatoms. The molecule has 1 atom stereocenters. The van der Waals surface area contributed by atoms with Crippen LogP contribution in [0.4, 0.5) is 11.6 Å². The summed E-state index contributed by atoms with van der Waals surface area (Å²) < 4.78 is 13.7. The monoisotopic (exact) mass is 617 g/mol. The molecule has 2 heterocycles. The first kappa shape index (κ1) is 30.0. The van der Waals surface area contributed by atoms with Gasteiger partial charge in [-0.15, -0.1) is 5.10 Å². The highest BCUT2D eigenvalue weighted by molar-refractivity contribution is 7.98. The third-order valence-electron chi connectivity index (χ3n) is 7.41. The van der Waals surface area contributed by atoms with E-state index in [9.17, 15) is 4.79 Å². The Kier molecular flexibility index (Phi) is 9.17. The van der Waals surface area contributed by atoms with E-state index in [0.29, 0.717) is 47.0 Å². The van der Waals surface area contributed by atoms with E-state index in [2.05, 4.69) is 47.9 Å². The van der Waals surface area contributed by atoms with Gasteiger partial charge in [0.15, 0.2) is 0 Å². The van der Waals surface area contributed by atoms with Crippen molar-refractivity contribution in [2.45, 2.75) is 44.3 Å². The Bertz CT molecular complexity index is 1820. The van der Waals surface area contributed by atoms with E-state index in [-0.39, 0.29) is 5.91 Å². The van der Waals surface area contributed by atoms with Gasteiger partial charge in [0.2, 0.25) is 11.1 Å². The van der Waals surface area contributed by atoms with Crippen molar-refractivity contribution in [1.29, 1.82) is 0 Å². The number of allylic oxidation sites excluding steroid dienone is 1. The third kappa shape index (κ3) is 7.05. The van der Waals surface area contributed by atoms with Crippen molar-refractivity contribution >= 4 is 29.3 Å². The number of thioether (sulfide) groups is 1. The van der Waals surface area contributed by atoms with E-state index < -0.39 is 6.04 Å². The van der Waals surface area contributed by atoms with Crippen LogP contribution in [0.25, 0.3) is 0 Å². The van der Waals surface area contributed by atoms with E-state index >= 15 is 0 Å². The molecule has 0 spiro atoms. The van der Waals surface area contributed by atoms with Crippen LogP contribution in [0.15, 0.2) is 120 Å². The Morgan fingerprint density at radius 2 is 1.67 bits per heavy atom. The fourth-order valence-electron chi connectivity index (χ4n) is 5.27. The highest BCUT2D eigenvalue weighted by Gasteiger charge is 2.34. The lowest BCUT2D eigenvalue weighted by Crippen LogP contribution is -2.31. The molecule has 8 nitrogen and oxygen atoms in total. The molecule has 4 aromatic carbocycles. The molecule has 1 aliphatic rings. The predicted molar refractivity (Wildman–Crippen MR) is 179 cm³/mol. The fourth-order valence-corrected chi connectivity index (χ4v) is 6.06. The number of hydrogen-bond donors (Lipinski definition) is 2. The van der Waals surface area contributed by atoms with E-state index in [4.69, 9.17) is 19.6 Å². The summed E-state index contributed by atoms with van der Waals surface area (Å²) >= 11 is 1.55. The average Bonchev–Trinajstić information content (AvgIpc) is 3.46. The van der Waals surface area contributed by atoms with Crippen molar-refractivity contribution in [2.75, 3.05) is 17.2 Å². The highest BCUT2D eigenvalue weighted by atomic mass is 32.2. The maximum Gasteiger partial charge on any atom is 0.255 e. The quantitative estimate of drug-likeness (QED) is 0.146. The largest absolute Gasteiger partial charge is 0.492 e. The molecule has 0 saturated heterocycles. The minimum absolute atomic E-state index is 0.253. The van der Waals surface area contributed by atoms with Crippen LogP contribution in [0.3, 0.4) is 0 Å². The second-order valence-electron chi connectivity index (χ2n) is 10.7. The number of aromatic nitrogens is 3. The summed E-state index contributed by atoms with van der Waals surface area (Å²) in [7, 11) is 0. The average molecular weight is 618 g/mol. The third-order valence-corrected chi connectivity index (χ3v) is 8.32. The number of rotatable bonds is 11. The number of nitrogens with one attached hydrogen (secondary N) is 2. The van der Waals surface area contributed by atoms with Gasteiger partial charge >= 0.3 is 0 Å². The molecule has 6 rings (SSSR count). The highest BCUT2D eigenvalue weighted by Crippen LogP contribution is 2.38. The van der Waals surface area contributed by atoms with Crippen molar-refractivity contribution in [3.8, 4) is 11.5 Å². The molecule has 1 aliphatic heterocycles. The van der Waals surface area contributed by atoms with Crippen molar-refractivity contribution < 1.29 is 14.3 Å². The maximum absolute atomic E-state index is 14.0. The number of amides is 1. The van der Waals surface area contributed by atoms with E-state index in [1.807, 2.05) is 86.6 Å².